The van der Waals surface area contributed by atoms with Crippen LogP contribution in [0, 0.1) is 0 Å². The van der Waals surface area contributed by atoms with Gasteiger partial charge in [-0.1, -0.05) is 23.2 Å². The number of halogens is 2. The highest BCUT2D eigenvalue weighted by atomic mass is 35.5. The molecule has 31 heavy (non-hydrogen) atoms. The van der Waals surface area contributed by atoms with E-state index >= 15 is 0 Å². The van der Waals surface area contributed by atoms with Gasteiger partial charge in [-0.25, -0.2) is 0 Å². The van der Waals surface area contributed by atoms with Gasteiger partial charge in [-0.2, -0.15) is 10.2 Å². The van der Waals surface area contributed by atoms with Gasteiger partial charge in [-0.05, 0) is 19.1 Å². The molecule has 0 saturated carbocycles. The number of Topliss-reactive ketones (excluding diaryl/α,β-unsaturated/α-hetero) is 1. The Morgan fingerprint density at radius 2 is 1.55 bits per heavy atom. The second kappa shape index (κ2) is 10.8. The number of carbonyl (C=O) groups is 2. The standard InChI is InChI=1S/C20H21Cl2N3O6/c1-10(26)17(25-24-13-7-6-11(21)18(30-4)19(13)31-5)20(27)23-14-9-15(28-2)12(22)8-16(14)29-3/h6-9,17H,1-5H3,(H,23,27). The Kier molecular flexibility index (Phi) is 8.47. The van der Waals surface area contributed by atoms with Crippen molar-refractivity contribution in [1.82, 2.24) is 0 Å². The molecule has 0 aliphatic rings. The van der Waals surface area contributed by atoms with E-state index in [1.165, 1.54) is 59.6 Å². The van der Waals surface area contributed by atoms with Gasteiger partial charge in [0.15, 0.2) is 17.3 Å². The zero-order valence-electron chi connectivity index (χ0n) is 17.5. The molecule has 0 spiro atoms. The summed E-state index contributed by atoms with van der Waals surface area (Å²) in [5.41, 5.74) is 0.481. The summed E-state index contributed by atoms with van der Waals surface area (Å²) < 4.78 is 20.9. The Labute approximate surface area is 189 Å². The molecule has 0 bridgehead atoms. The van der Waals surface area contributed by atoms with E-state index < -0.39 is 17.7 Å². The van der Waals surface area contributed by atoms with Crippen LogP contribution in [0.4, 0.5) is 11.4 Å². The molecule has 0 fully saturated rings. The highest BCUT2D eigenvalue weighted by Gasteiger charge is 2.25. The van der Waals surface area contributed by atoms with Crippen molar-refractivity contribution in [3.63, 3.8) is 0 Å². The summed E-state index contributed by atoms with van der Waals surface area (Å²) >= 11 is 12.1. The zero-order valence-corrected chi connectivity index (χ0v) is 19.0. The number of benzene rings is 2. The molecular formula is C20H21Cl2N3O6. The lowest BCUT2D eigenvalue weighted by atomic mass is 10.2. The molecule has 11 heteroatoms. The molecule has 0 aromatic heterocycles. The Morgan fingerprint density at radius 1 is 0.903 bits per heavy atom. The predicted octanol–water partition coefficient (Wildman–Crippen LogP) is 4.71. The minimum Gasteiger partial charge on any atom is -0.495 e. The molecule has 166 valence electrons. The van der Waals surface area contributed by atoms with E-state index in [2.05, 4.69) is 15.5 Å². The van der Waals surface area contributed by atoms with E-state index in [1.54, 1.807) is 0 Å². The lowest BCUT2D eigenvalue weighted by Gasteiger charge is -2.15. The first kappa shape index (κ1) is 24.2. The van der Waals surface area contributed by atoms with Gasteiger partial charge in [0.05, 0.1) is 44.2 Å². The number of ether oxygens (including phenoxy) is 4. The molecule has 2 aromatic carbocycles. The average molecular weight is 470 g/mol. The first-order valence-corrected chi connectivity index (χ1v) is 9.57. The van der Waals surface area contributed by atoms with Crippen LogP contribution in [-0.2, 0) is 9.59 Å². The monoisotopic (exact) mass is 469 g/mol. The van der Waals surface area contributed by atoms with Gasteiger partial charge >= 0.3 is 0 Å². The number of carbonyl (C=O) groups excluding carboxylic acids is 2. The number of hydrogen-bond acceptors (Lipinski definition) is 8. The van der Waals surface area contributed by atoms with E-state index in [1.807, 2.05) is 0 Å². The van der Waals surface area contributed by atoms with Gasteiger partial charge in [-0.15, -0.1) is 0 Å². The first-order chi connectivity index (χ1) is 14.8. The van der Waals surface area contributed by atoms with Crippen LogP contribution in [0.15, 0.2) is 34.5 Å². The summed E-state index contributed by atoms with van der Waals surface area (Å²) in [7, 11) is 5.67. The Balaban J connectivity index is 2.36. The van der Waals surface area contributed by atoms with E-state index in [-0.39, 0.29) is 28.6 Å². The van der Waals surface area contributed by atoms with Crippen molar-refractivity contribution >= 4 is 46.3 Å². The summed E-state index contributed by atoms with van der Waals surface area (Å²) in [5.74, 6) is -0.188. The largest absolute Gasteiger partial charge is 0.495 e. The van der Waals surface area contributed by atoms with Crippen LogP contribution in [0.1, 0.15) is 6.92 Å². The number of nitrogens with one attached hydrogen (secondary N) is 1. The number of methoxy groups -OCH3 is 4. The highest BCUT2D eigenvalue weighted by Crippen LogP contribution is 2.42. The normalized spacial score (nSPS) is 11.7. The molecule has 0 saturated heterocycles. The summed E-state index contributed by atoms with van der Waals surface area (Å²) in [4.78, 5) is 24.9. The van der Waals surface area contributed by atoms with Crippen LogP contribution in [0.5, 0.6) is 23.0 Å². The summed E-state index contributed by atoms with van der Waals surface area (Å²) in [5, 5.41) is 11.1. The minimum absolute atomic E-state index is 0.213. The van der Waals surface area contributed by atoms with Crippen LogP contribution >= 0.6 is 23.2 Å². The van der Waals surface area contributed by atoms with Gasteiger partial charge in [0.25, 0.3) is 5.91 Å². The van der Waals surface area contributed by atoms with Crippen LogP contribution < -0.4 is 24.3 Å². The van der Waals surface area contributed by atoms with Crippen molar-refractivity contribution in [1.29, 1.82) is 0 Å². The third-order valence-electron chi connectivity index (χ3n) is 4.10. The zero-order chi connectivity index (χ0) is 23.1. The molecule has 1 amide bonds. The number of ketones is 1. The minimum atomic E-state index is -1.43. The van der Waals surface area contributed by atoms with Gasteiger partial charge < -0.3 is 24.3 Å². The maximum Gasteiger partial charge on any atom is 0.258 e. The van der Waals surface area contributed by atoms with Crippen LogP contribution in [0.3, 0.4) is 0 Å². The molecule has 0 aliphatic heterocycles. The van der Waals surface area contributed by atoms with Crippen molar-refractivity contribution < 1.29 is 28.5 Å². The second-order valence-electron chi connectivity index (χ2n) is 6.04. The number of azo groups is 1. The second-order valence-corrected chi connectivity index (χ2v) is 6.85. The molecule has 1 atom stereocenters. The Hall–Kier alpha value is -3.04. The number of anilines is 1. The molecule has 2 aromatic rings. The van der Waals surface area contributed by atoms with E-state index in [4.69, 9.17) is 42.1 Å². The topological polar surface area (TPSA) is 108 Å². The molecular weight excluding hydrogens is 449 g/mol. The first-order valence-electron chi connectivity index (χ1n) is 8.81. The van der Waals surface area contributed by atoms with Crippen molar-refractivity contribution in [2.45, 2.75) is 13.0 Å². The van der Waals surface area contributed by atoms with Crippen LogP contribution in [0.25, 0.3) is 0 Å². The van der Waals surface area contributed by atoms with E-state index in [9.17, 15) is 9.59 Å². The van der Waals surface area contributed by atoms with Gasteiger partial charge in [0.1, 0.15) is 17.2 Å². The molecule has 0 radical (unpaired) electrons. The Bertz CT molecular complexity index is 1010. The number of nitrogens with zero attached hydrogens (tertiary/aromatic N) is 2. The Morgan fingerprint density at radius 3 is 2.10 bits per heavy atom. The maximum atomic E-state index is 12.8. The number of amides is 1. The average Bonchev–Trinajstić information content (AvgIpc) is 2.74. The maximum absolute atomic E-state index is 12.8. The van der Waals surface area contributed by atoms with Gasteiger partial charge in [0, 0.05) is 12.1 Å². The predicted molar refractivity (Wildman–Crippen MR) is 117 cm³/mol. The highest BCUT2D eigenvalue weighted by molar-refractivity contribution is 6.32. The molecule has 9 nitrogen and oxygen atoms in total. The molecule has 1 N–H and O–H groups in total. The van der Waals surface area contributed by atoms with Crippen molar-refractivity contribution in [2.75, 3.05) is 33.8 Å². The van der Waals surface area contributed by atoms with E-state index in [0.717, 1.165) is 0 Å². The molecule has 1 unspecified atom stereocenters. The van der Waals surface area contributed by atoms with E-state index in [0.29, 0.717) is 15.8 Å². The number of hydrogen-bond donors (Lipinski definition) is 1. The smallest absolute Gasteiger partial charge is 0.258 e. The van der Waals surface area contributed by atoms with Crippen molar-refractivity contribution in [3.8, 4) is 23.0 Å². The lowest BCUT2D eigenvalue weighted by Crippen LogP contribution is -2.32. The third-order valence-corrected chi connectivity index (χ3v) is 4.69. The molecule has 2 rings (SSSR count). The fourth-order valence-corrected chi connectivity index (χ4v) is 3.05. The fraction of sp³-hybridized carbons (Fsp3) is 0.300. The third kappa shape index (κ3) is 5.56. The summed E-state index contributed by atoms with van der Waals surface area (Å²) in [6.07, 6.45) is 0. The number of rotatable bonds is 9. The van der Waals surface area contributed by atoms with Crippen LogP contribution in [0.2, 0.25) is 10.0 Å². The quantitative estimate of drug-likeness (QED) is 0.420. The van der Waals surface area contributed by atoms with Crippen molar-refractivity contribution in [2.24, 2.45) is 10.2 Å². The van der Waals surface area contributed by atoms with Crippen LogP contribution in [-0.4, -0.2) is 46.2 Å². The molecule has 0 heterocycles. The van der Waals surface area contributed by atoms with Gasteiger partial charge in [0.2, 0.25) is 6.04 Å². The fourth-order valence-electron chi connectivity index (χ4n) is 2.59. The van der Waals surface area contributed by atoms with Gasteiger partial charge in [-0.3, -0.25) is 9.59 Å². The lowest BCUT2D eigenvalue weighted by molar-refractivity contribution is -0.126. The SMILES string of the molecule is COc1cc(NC(=O)C(N=Nc2ccc(Cl)c(OC)c2OC)C(C)=O)c(OC)cc1Cl. The van der Waals surface area contributed by atoms with Crippen molar-refractivity contribution in [3.05, 3.63) is 34.3 Å². The summed E-state index contributed by atoms with van der Waals surface area (Å²) in [6, 6.07) is 4.57. The molecule has 0 aliphatic carbocycles. The summed E-state index contributed by atoms with van der Waals surface area (Å²) in [6.45, 7) is 1.22.